The van der Waals surface area contributed by atoms with Gasteiger partial charge in [-0.1, -0.05) is 41.4 Å². The molecule has 0 spiro atoms. The van der Waals surface area contributed by atoms with E-state index in [1.165, 1.54) is 6.20 Å². The summed E-state index contributed by atoms with van der Waals surface area (Å²) in [6.45, 7) is 2.00. The summed E-state index contributed by atoms with van der Waals surface area (Å²) in [5.74, 6) is -0.471. The van der Waals surface area contributed by atoms with Crippen molar-refractivity contribution in [3.8, 4) is 17.1 Å². The molecule has 0 amide bonds. The molecule has 0 radical (unpaired) electrons. The lowest BCUT2D eigenvalue weighted by Gasteiger charge is -2.08. The van der Waals surface area contributed by atoms with Gasteiger partial charge in [0, 0.05) is 22.5 Å². The van der Waals surface area contributed by atoms with Crippen LogP contribution in [0.4, 0.5) is 0 Å². The van der Waals surface area contributed by atoms with Gasteiger partial charge in [-0.15, -0.1) is 0 Å². The van der Waals surface area contributed by atoms with Crippen molar-refractivity contribution >= 4 is 17.6 Å². The minimum Gasteiger partial charge on any atom is -0.476 e. The quantitative estimate of drug-likeness (QED) is 0.788. The average Bonchev–Trinajstić information content (AvgIpc) is 2.94. The van der Waals surface area contributed by atoms with Gasteiger partial charge in [0.05, 0.1) is 0 Å². The number of halogens is 1. The number of hydrogen-bond acceptors (Lipinski definition) is 2. The SMILES string of the molecule is Cc1ccc(-c2nc(C(=O)O)cn2-c2ccc(Cl)cc2)cc1. The summed E-state index contributed by atoms with van der Waals surface area (Å²) < 4.78 is 1.75. The number of hydrogen-bond donors (Lipinski definition) is 1. The van der Waals surface area contributed by atoms with Crippen LogP contribution in [0.5, 0.6) is 0 Å². The normalized spacial score (nSPS) is 10.6. The molecule has 0 saturated carbocycles. The van der Waals surface area contributed by atoms with Gasteiger partial charge in [-0.25, -0.2) is 9.78 Å². The van der Waals surface area contributed by atoms with Gasteiger partial charge in [-0.3, -0.25) is 4.57 Å². The number of aromatic nitrogens is 2. The fourth-order valence-corrected chi connectivity index (χ4v) is 2.31. The molecule has 4 nitrogen and oxygen atoms in total. The molecule has 1 aromatic heterocycles. The highest BCUT2D eigenvalue weighted by molar-refractivity contribution is 6.30. The third-order valence-electron chi connectivity index (χ3n) is 3.34. The predicted molar refractivity (Wildman–Crippen MR) is 85.7 cm³/mol. The van der Waals surface area contributed by atoms with E-state index in [9.17, 15) is 9.90 Å². The van der Waals surface area contributed by atoms with Crippen LogP contribution in [0, 0.1) is 6.92 Å². The van der Waals surface area contributed by atoms with Crippen molar-refractivity contribution in [3.05, 3.63) is 71.0 Å². The Morgan fingerprint density at radius 2 is 1.73 bits per heavy atom. The van der Waals surface area contributed by atoms with Gasteiger partial charge in [0.2, 0.25) is 0 Å². The highest BCUT2D eigenvalue weighted by Crippen LogP contribution is 2.24. The van der Waals surface area contributed by atoms with Crippen molar-refractivity contribution in [3.63, 3.8) is 0 Å². The molecule has 0 fully saturated rings. The minimum atomic E-state index is -1.05. The van der Waals surface area contributed by atoms with Crippen molar-refractivity contribution in [1.29, 1.82) is 0 Å². The molecule has 0 saturated heterocycles. The van der Waals surface area contributed by atoms with Crippen molar-refractivity contribution in [2.75, 3.05) is 0 Å². The molecule has 1 N–H and O–H groups in total. The van der Waals surface area contributed by atoms with Crippen LogP contribution in [0.2, 0.25) is 5.02 Å². The molecule has 0 aliphatic carbocycles. The predicted octanol–water partition coefficient (Wildman–Crippen LogP) is 4.20. The van der Waals surface area contributed by atoms with E-state index in [1.807, 2.05) is 43.3 Å². The Morgan fingerprint density at radius 3 is 2.32 bits per heavy atom. The van der Waals surface area contributed by atoms with Crippen molar-refractivity contribution in [1.82, 2.24) is 9.55 Å². The van der Waals surface area contributed by atoms with Crippen LogP contribution in [0.25, 0.3) is 17.1 Å². The molecule has 5 heteroatoms. The van der Waals surface area contributed by atoms with Crippen LogP contribution in [0.3, 0.4) is 0 Å². The molecule has 0 aliphatic rings. The summed E-state index contributed by atoms with van der Waals surface area (Å²) in [5, 5.41) is 9.83. The number of aryl methyl sites for hydroxylation is 1. The number of carboxylic acids is 1. The fraction of sp³-hybridized carbons (Fsp3) is 0.0588. The molecule has 0 atom stereocenters. The summed E-state index contributed by atoms with van der Waals surface area (Å²) in [4.78, 5) is 15.5. The maximum Gasteiger partial charge on any atom is 0.356 e. The lowest BCUT2D eigenvalue weighted by Crippen LogP contribution is -1.96. The number of carbonyl (C=O) groups is 1. The van der Waals surface area contributed by atoms with E-state index in [2.05, 4.69) is 4.98 Å². The highest BCUT2D eigenvalue weighted by Gasteiger charge is 2.15. The second-order valence-corrected chi connectivity index (χ2v) is 5.40. The lowest BCUT2D eigenvalue weighted by molar-refractivity contribution is 0.0691. The average molecular weight is 313 g/mol. The number of rotatable bonds is 3. The van der Waals surface area contributed by atoms with Crippen molar-refractivity contribution < 1.29 is 9.90 Å². The van der Waals surface area contributed by atoms with Gasteiger partial charge in [-0.2, -0.15) is 0 Å². The lowest BCUT2D eigenvalue weighted by atomic mass is 10.1. The molecule has 2 aromatic carbocycles. The number of nitrogens with zero attached hydrogens (tertiary/aromatic N) is 2. The second kappa shape index (κ2) is 5.66. The smallest absolute Gasteiger partial charge is 0.356 e. The molecular weight excluding hydrogens is 300 g/mol. The van der Waals surface area contributed by atoms with E-state index in [0.717, 1.165) is 16.8 Å². The Hall–Kier alpha value is -2.59. The molecular formula is C17H13ClN2O2. The zero-order chi connectivity index (χ0) is 15.7. The minimum absolute atomic E-state index is 0.00512. The zero-order valence-corrected chi connectivity index (χ0v) is 12.6. The van der Waals surface area contributed by atoms with Gasteiger partial charge < -0.3 is 5.11 Å². The molecule has 0 aliphatic heterocycles. The number of aromatic carboxylic acids is 1. The second-order valence-electron chi connectivity index (χ2n) is 4.97. The molecule has 0 bridgehead atoms. The van der Waals surface area contributed by atoms with Crippen LogP contribution < -0.4 is 0 Å². The summed E-state index contributed by atoms with van der Waals surface area (Å²) >= 11 is 5.91. The fourth-order valence-electron chi connectivity index (χ4n) is 2.19. The summed E-state index contributed by atoms with van der Waals surface area (Å²) in [6, 6.07) is 15.0. The van der Waals surface area contributed by atoms with E-state index in [-0.39, 0.29) is 5.69 Å². The first-order valence-corrected chi connectivity index (χ1v) is 7.08. The van der Waals surface area contributed by atoms with Gasteiger partial charge in [0.25, 0.3) is 0 Å². The number of benzene rings is 2. The van der Waals surface area contributed by atoms with Crippen LogP contribution in [-0.2, 0) is 0 Å². The Balaban J connectivity index is 2.17. The topological polar surface area (TPSA) is 55.1 Å². The maximum atomic E-state index is 11.2. The summed E-state index contributed by atoms with van der Waals surface area (Å²) in [6.07, 6.45) is 1.51. The van der Waals surface area contributed by atoms with Gasteiger partial charge >= 0.3 is 5.97 Å². The third kappa shape index (κ3) is 2.73. The Bertz CT molecular complexity index is 758. The first-order chi connectivity index (χ1) is 10.5. The number of carboxylic acid groups (broad SMARTS) is 1. The molecule has 0 unspecified atom stereocenters. The van der Waals surface area contributed by atoms with Crippen molar-refractivity contribution in [2.24, 2.45) is 0 Å². The first kappa shape index (κ1) is 14.4. The van der Waals surface area contributed by atoms with E-state index >= 15 is 0 Å². The van der Waals surface area contributed by atoms with Crippen LogP contribution in [-0.4, -0.2) is 20.6 Å². The van der Waals surface area contributed by atoms with Crippen LogP contribution in [0.1, 0.15) is 16.1 Å². The molecule has 22 heavy (non-hydrogen) atoms. The Morgan fingerprint density at radius 1 is 1.09 bits per heavy atom. The monoisotopic (exact) mass is 312 g/mol. The first-order valence-electron chi connectivity index (χ1n) is 6.70. The maximum absolute atomic E-state index is 11.2. The molecule has 3 rings (SSSR count). The van der Waals surface area contributed by atoms with Gasteiger partial charge in [0.15, 0.2) is 5.69 Å². The Kier molecular flexibility index (Phi) is 3.69. The third-order valence-corrected chi connectivity index (χ3v) is 3.59. The molecule has 3 aromatic rings. The summed E-state index contributed by atoms with van der Waals surface area (Å²) in [7, 11) is 0. The standard InChI is InChI=1S/C17H13ClN2O2/c1-11-2-4-12(5-3-11)16-19-15(17(21)22)10-20(16)14-8-6-13(18)7-9-14/h2-10H,1H3,(H,21,22). The zero-order valence-electron chi connectivity index (χ0n) is 11.8. The Labute approximate surface area is 132 Å². The molecule has 1 heterocycles. The van der Waals surface area contributed by atoms with Crippen LogP contribution in [0.15, 0.2) is 54.7 Å². The van der Waals surface area contributed by atoms with E-state index < -0.39 is 5.97 Å². The van der Waals surface area contributed by atoms with Crippen LogP contribution >= 0.6 is 11.6 Å². The molecule has 110 valence electrons. The number of imidazole rings is 1. The van der Waals surface area contributed by atoms with Gasteiger partial charge in [0.1, 0.15) is 5.82 Å². The van der Waals surface area contributed by atoms with E-state index in [4.69, 9.17) is 11.6 Å². The highest BCUT2D eigenvalue weighted by atomic mass is 35.5. The summed E-state index contributed by atoms with van der Waals surface area (Å²) in [5.41, 5.74) is 2.80. The van der Waals surface area contributed by atoms with Gasteiger partial charge in [-0.05, 0) is 31.2 Å². The van der Waals surface area contributed by atoms with E-state index in [0.29, 0.717) is 10.8 Å². The van der Waals surface area contributed by atoms with E-state index in [1.54, 1.807) is 16.7 Å². The van der Waals surface area contributed by atoms with Crippen molar-refractivity contribution in [2.45, 2.75) is 6.92 Å². The largest absolute Gasteiger partial charge is 0.476 e.